The summed E-state index contributed by atoms with van der Waals surface area (Å²) in [7, 11) is 4.55. The fourth-order valence-electron chi connectivity index (χ4n) is 16.1. The van der Waals surface area contributed by atoms with E-state index in [1.54, 1.807) is 0 Å². The summed E-state index contributed by atoms with van der Waals surface area (Å²) in [5, 5.41) is 9.68. The Morgan fingerprint density at radius 2 is 0.489 bits per heavy atom. The summed E-state index contributed by atoms with van der Waals surface area (Å²) < 4.78 is 0. The van der Waals surface area contributed by atoms with Gasteiger partial charge in [0.1, 0.15) is 0 Å². The van der Waals surface area contributed by atoms with Crippen molar-refractivity contribution in [3.05, 3.63) is 372 Å². The van der Waals surface area contributed by atoms with Crippen molar-refractivity contribution >= 4 is 65.8 Å². The molecule has 0 aromatic heterocycles. The smallest absolute Gasteiger partial charge is 0.0742 e. The second-order valence-corrected chi connectivity index (χ2v) is 23.8. The van der Waals surface area contributed by atoms with Gasteiger partial charge in [-0.3, -0.25) is 0 Å². The van der Waals surface area contributed by atoms with Gasteiger partial charge >= 0.3 is 0 Å². The fourth-order valence-corrected chi connectivity index (χ4v) is 16.1. The Morgan fingerprint density at radius 3 is 0.875 bits per heavy atom. The summed E-state index contributed by atoms with van der Waals surface area (Å²) >= 11 is 0. The van der Waals surface area contributed by atoms with Gasteiger partial charge in [-0.1, -0.05) is 309 Å². The molecule has 0 saturated heterocycles. The van der Waals surface area contributed by atoms with Crippen LogP contribution >= 0.6 is 0 Å². The van der Waals surface area contributed by atoms with Gasteiger partial charge in [0.2, 0.25) is 0 Å². The Morgan fingerprint density at radius 1 is 0.216 bits per heavy atom. The Bertz CT molecular complexity index is 4850. The third-order valence-electron chi connectivity index (χ3n) is 19.6. The van der Waals surface area contributed by atoms with Crippen LogP contribution in [0.2, 0.25) is 0 Å². The zero-order valence-electron chi connectivity index (χ0n) is 49.1. The van der Waals surface area contributed by atoms with Crippen molar-refractivity contribution in [2.24, 2.45) is 0 Å². The van der Waals surface area contributed by atoms with E-state index in [1.807, 2.05) is 0 Å². The molecule has 15 aromatic rings. The highest BCUT2D eigenvalue weighted by atomic mass is 15.1. The molecular weight excluding hydrogens is 1060 g/mol. The maximum absolute atomic E-state index is 2.55. The normalized spacial score (nSPS) is 13.7. The Kier molecular flexibility index (Phi) is 11.9. The number of hydrogen-bond acceptors (Lipinski definition) is 2. The van der Waals surface area contributed by atoms with Gasteiger partial charge in [0.15, 0.2) is 0 Å². The van der Waals surface area contributed by atoms with E-state index in [0.29, 0.717) is 0 Å². The van der Waals surface area contributed by atoms with Gasteiger partial charge in [-0.25, -0.2) is 0 Å². The van der Waals surface area contributed by atoms with Crippen molar-refractivity contribution in [1.29, 1.82) is 0 Å². The maximum atomic E-state index is 2.55. The van der Waals surface area contributed by atoms with Crippen LogP contribution in [0, 0.1) is 0 Å². The number of hydrogen-bond donors (Lipinski definition) is 0. The van der Waals surface area contributed by atoms with E-state index in [4.69, 9.17) is 0 Å². The summed E-state index contributed by atoms with van der Waals surface area (Å²) in [6.45, 7) is 0. The molecule has 414 valence electrons. The molecule has 0 fully saturated rings. The molecule has 88 heavy (non-hydrogen) atoms. The van der Waals surface area contributed by atoms with Gasteiger partial charge in [-0.2, -0.15) is 0 Å². The number of fused-ring (bicyclic) bond motifs is 8. The lowest BCUT2D eigenvalue weighted by Crippen LogP contribution is -2.38. The van der Waals surface area contributed by atoms with Gasteiger partial charge in [0.05, 0.1) is 22.2 Å². The fraction of sp³-hybridized carbons (Fsp3) is 0.0465. The number of anilines is 4. The lowest BCUT2D eigenvalue weighted by Gasteiger charge is -2.46. The molecule has 0 bridgehead atoms. The highest BCUT2D eigenvalue weighted by Crippen LogP contribution is 2.61. The molecule has 15 aromatic carbocycles. The van der Waals surface area contributed by atoms with E-state index >= 15 is 0 Å². The zero-order chi connectivity index (χ0) is 58.5. The molecule has 0 radical (unpaired) electrons. The van der Waals surface area contributed by atoms with E-state index in [1.165, 1.54) is 155 Å². The van der Waals surface area contributed by atoms with Crippen molar-refractivity contribution < 1.29 is 0 Å². The minimum atomic E-state index is -0.628. The first kappa shape index (κ1) is 51.4. The SMILES string of the molecule is CN1c2ccccc2C(c2ccccc2)(c2ccccc2)c2cccc(-c3cccc4c(-c5c6ccccc6c(-c6ccccc6)c6ccccc56)c5cccc(-c6cccc7c6N(C)c6ccccc6C7(c6ccccc6)c6ccccc6)c5cc34)c21. The van der Waals surface area contributed by atoms with Crippen LogP contribution in [0.4, 0.5) is 22.7 Å². The molecule has 2 nitrogen and oxygen atoms in total. The Balaban J connectivity index is 1.02. The summed E-state index contributed by atoms with van der Waals surface area (Å²) in [5.74, 6) is 0. The lowest BCUT2D eigenvalue weighted by molar-refractivity contribution is 0.728. The Labute approximate surface area is 514 Å². The van der Waals surface area contributed by atoms with Crippen LogP contribution in [-0.2, 0) is 10.8 Å². The second-order valence-electron chi connectivity index (χ2n) is 23.8. The Hall–Kier alpha value is -11.1. The highest BCUT2D eigenvalue weighted by molar-refractivity contribution is 6.29. The average molecular weight is 1120 g/mol. The van der Waals surface area contributed by atoms with Crippen LogP contribution < -0.4 is 9.80 Å². The van der Waals surface area contributed by atoms with E-state index in [9.17, 15) is 0 Å². The first-order valence-electron chi connectivity index (χ1n) is 30.7. The third kappa shape index (κ3) is 7.30. The molecule has 2 heteroatoms. The van der Waals surface area contributed by atoms with Crippen molar-refractivity contribution in [3.63, 3.8) is 0 Å². The molecule has 0 amide bonds. The van der Waals surface area contributed by atoms with Crippen LogP contribution in [0.25, 0.3) is 87.6 Å². The van der Waals surface area contributed by atoms with Crippen LogP contribution in [0.15, 0.2) is 328 Å². The van der Waals surface area contributed by atoms with Crippen molar-refractivity contribution in [2.75, 3.05) is 23.9 Å². The number of nitrogens with zero attached hydrogens (tertiary/aromatic N) is 2. The third-order valence-corrected chi connectivity index (χ3v) is 19.6. The van der Waals surface area contributed by atoms with Gasteiger partial charge < -0.3 is 9.80 Å². The maximum Gasteiger partial charge on any atom is 0.0742 e. The molecule has 0 saturated carbocycles. The average Bonchev–Trinajstić information content (AvgIpc) is 0.737. The molecule has 2 aliphatic heterocycles. The van der Waals surface area contributed by atoms with Crippen molar-refractivity contribution in [2.45, 2.75) is 10.8 Å². The standard InChI is InChI=1S/C86H60N2/c1-87-78-54-24-22-50-74(78)85(58-32-10-4-11-33-58,59-34-12-5-13-35-59)76-52-28-48-70(83(76)87)62-44-26-46-68-72(62)56-73-63(45-27-47-69(73)82(68)81-66-42-20-18-40-64(66)80(57-30-8-3-9-31-57)65-41-19-21-43-67(65)81)71-49-29-53-77-84(71)88(2)79-55-25-23-51-75(79)86(77,60-36-14-6-15-37-60)61-38-16-7-17-39-61/h3-56H,1-2H3. The largest absolute Gasteiger partial charge is 0.344 e. The highest BCUT2D eigenvalue weighted by Gasteiger charge is 2.48. The molecule has 0 spiro atoms. The monoisotopic (exact) mass is 1120 g/mol. The predicted octanol–water partition coefficient (Wildman–Crippen LogP) is 21.9. The molecule has 0 N–H and O–H groups in total. The number of benzene rings is 15. The number of para-hydroxylation sites is 4. The summed E-state index contributed by atoms with van der Waals surface area (Å²) in [6.07, 6.45) is 0. The summed E-state index contributed by atoms with van der Waals surface area (Å²) in [5.41, 5.74) is 23.1. The van der Waals surface area contributed by atoms with E-state index in [-0.39, 0.29) is 0 Å². The minimum absolute atomic E-state index is 0.628. The van der Waals surface area contributed by atoms with E-state index in [0.717, 1.165) is 0 Å². The molecule has 2 heterocycles. The van der Waals surface area contributed by atoms with E-state index in [2.05, 4.69) is 351 Å². The minimum Gasteiger partial charge on any atom is -0.344 e. The number of rotatable bonds is 8. The van der Waals surface area contributed by atoms with Gasteiger partial charge in [0.25, 0.3) is 0 Å². The molecule has 17 rings (SSSR count). The second kappa shape index (κ2) is 20.3. The van der Waals surface area contributed by atoms with Gasteiger partial charge in [-0.15, -0.1) is 0 Å². The van der Waals surface area contributed by atoms with E-state index < -0.39 is 10.8 Å². The molecular formula is C86H60N2. The summed E-state index contributed by atoms with van der Waals surface area (Å²) in [6, 6.07) is 123. The summed E-state index contributed by atoms with van der Waals surface area (Å²) in [4.78, 5) is 4.94. The quantitative estimate of drug-likeness (QED) is 0.140. The van der Waals surface area contributed by atoms with Crippen LogP contribution in [-0.4, -0.2) is 14.1 Å². The predicted molar refractivity (Wildman–Crippen MR) is 371 cm³/mol. The molecule has 0 atom stereocenters. The lowest BCUT2D eigenvalue weighted by atomic mass is 9.62. The van der Waals surface area contributed by atoms with Crippen LogP contribution in [0.3, 0.4) is 0 Å². The first-order valence-corrected chi connectivity index (χ1v) is 30.7. The van der Waals surface area contributed by atoms with Crippen LogP contribution in [0.1, 0.15) is 44.5 Å². The first-order chi connectivity index (χ1) is 43.6. The van der Waals surface area contributed by atoms with Crippen molar-refractivity contribution in [1.82, 2.24) is 0 Å². The topological polar surface area (TPSA) is 6.48 Å². The van der Waals surface area contributed by atoms with Crippen molar-refractivity contribution in [3.8, 4) is 44.5 Å². The molecule has 0 unspecified atom stereocenters. The van der Waals surface area contributed by atoms with Gasteiger partial charge in [0, 0.05) is 36.6 Å². The zero-order valence-corrected chi connectivity index (χ0v) is 49.1. The van der Waals surface area contributed by atoms with Gasteiger partial charge in [-0.05, 0) is 139 Å². The van der Waals surface area contributed by atoms with Crippen LogP contribution in [0.5, 0.6) is 0 Å². The molecule has 0 aliphatic carbocycles. The molecule has 2 aliphatic rings.